The summed E-state index contributed by atoms with van der Waals surface area (Å²) in [5, 5.41) is 8.26. The molecule has 1 aromatic carbocycles. The molecular formula is C15H19N3O4. The summed E-state index contributed by atoms with van der Waals surface area (Å²) in [6, 6.07) is 4.71. The van der Waals surface area contributed by atoms with Crippen LogP contribution in [0.1, 0.15) is 24.8 Å². The van der Waals surface area contributed by atoms with E-state index in [-0.39, 0.29) is 18.7 Å². The van der Waals surface area contributed by atoms with Crippen molar-refractivity contribution in [2.75, 3.05) is 13.3 Å². The minimum Gasteiger partial charge on any atom is -0.454 e. The average Bonchev–Trinajstić information content (AvgIpc) is 2.89. The van der Waals surface area contributed by atoms with Crippen molar-refractivity contribution in [3.63, 3.8) is 0 Å². The van der Waals surface area contributed by atoms with Crippen LogP contribution in [0, 0.1) is 0 Å². The fraction of sp³-hybridized carbons (Fsp3) is 0.467. The Morgan fingerprint density at radius 1 is 1.27 bits per heavy atom. The van der Waals surface area contributed by atoms with Gasteiger partial charge < -0.3 is 25.4 Å². The highest BCUT2D eigenvalue weighted by atomic mass is 16.7. The predicted molar refractivity (Wildman–Crippen MR) is 78.6 cm³/mol. The van der Waals surface area contributed by atoms with Gasteiger partial charge in [0.05, 0.1) is 0 Å². The van der Waals surface area contributed by atoms with E-state index in [0.717, 1.165) is 18.4 Å². The van der Waals surface area contributed by atoms with Gasteiger partial charge in [0.25, 0.3) is 0 Å². The molecule has 2 heterocycles. The molecule has 7 heteroatoms. The number of urea groups is 1. The Labute approximate surface area is 128 Å². The molecule has 2 aliphatic heterocycles. The zero-order chi connectivity index (χ0) is 15.4. The smallest absolute Gasteiger partial charge is 0.315 e. The molecule has 1 fully saturated rings. The molecule has 3 N–H and O–H groups in total. The van der Waals surface area contributed by atoms with Crippen molar-refractivity contribution in [2.45, 2.75) is 31.8 Å². The van der Waals surface area contributed by atoms with Crippen LogP contribution in [0.25, 0.3) is 0 Å². The van der Waals surface area contributed by atoms with Gasteiger partial charge in [0.2, 0.25) is 12.7 Å². The number of carbonyl (C=O) groups is 2. The van der Waals surface area contributed by atoms with E-state index in [2.05, 4.69) is 16.0 Å². The molecule has 0 radical (unpaired) electrons. The molecule has 118 valence electrons. The van der Waals surface area contributed by atoms with Gasteiger partial charge in [-0.05, 0) is 37.0 Å². The molecule has 0 bridgehead atoms. The Kier molecular flexibility index (Phi) is 4.32. The lowest BCUT2D eigenvalue weighted by Gasteiger charge is -2.15. The molecule has 1 saturated heterocycles. The normalized spacial score (nSPS) is 20.0. The number of nitrogens with one attached hydrogen (secondary N) is 3. The van der Waals surface area contributed by atoms with Crippen LogP contribution >= 0.6 is 0 Å². The number of carbonyl (C=O) groups excluding carboxylic acids is 2. The third-order valence-electron chi connectivity index (χ3n) is 3.73. The third kappa shape index (κ3) is 3.41. The van der Waals surface area contributed by atoms with Gasteiger partial charge in [-0.1, -0.05) is 6.07 Å². The summed E-state index contributed by atoms with van der Waals surface area (Å²) in [5.74, 6) is 1.28. The van der Waals surface area contributed by atoms with Gasteiger partial charge in [0.15, 0.2) is 11.5 Å². The predicted octanol–water partition coefficient (Wildman–Crippen LogP) is 0.883. The average molecular weight is 305 g/mol. The topological polar surface area (TPSA) is 88.7 Å². The van der Waals surface area contributed by atoms with Crippen molar-refractivity contribution in [1.82, 2.24) is 16.0 Å². The molecular weight excluding hydrogens is 286 g/mol. The molecule has 0 saturated carbocycles. The standard InChI is InChI=1S/C15H19N3O4/c19-14-11(3-1-2-6-16-14)18-15(20)17-8-10-4-5-12-13(7-10)22-9-21-12/h4-5,7,11H,1-3,6,8-9H2,(H,16,19)(H2,17,18,20)/t11-/m0/s1. The fourth-order valence-electron chi connectivity index (χ4n) is 2.52. The van der Waals surface area contributed by atoms with Crippen LogP contribution in [-0.2, 0) is 11.3 Å². The molecule has 0 aromatic heterocycles. The maximum Gasteiger partial charge on any atom is 0.315 e. The quantitative estimate of drug-likeness (QED) is 0.773. The highest BCUT2D eigenvalue weighted by Crippen LogP contribution is 2.32. The number of fused-ring (bicyclic) bond motifs is 1. The van der Waals surface area contributed by atoms with Crippen molar-refractivity contribution in [2.24, 2.45) is 0 Å². The summed E-state index contributed by atoms with van der Waals surface area (Å²) in [6.07, 6.45) is 2.54. The first kappa shape index (κ1) is 14.5. The Hall–Kier alpha value is -2.44. The zero-order valence-electron chi connectivity index (χ0n) is 12.2. The highest BCUT2D eigenvalue weighted by Gasteiger charge is 2.22. The minimum atomic E-state index is -0.459. The molecule has 1 aromatic rings. The summed E-state index contributed by atoms with van der Waals surface area (Å²) >= 11 is 0. The van der Waals surface area contributed by atoms with Crippen molar-refractivity contribution in [3.05, 3.63) is 23.8 Å². The van der Waals surface area contributed by atoms with Gasteiger partial charge in [0.1, 0.15) is 6.04 Å². The van der Waals surface area contributed by atoms with Crippen LogP contribution < -0.4 is 25.4 Å². The molecule has 0 unspecified atom stereocenters. The summed E-state index contributed by atoms with van der Waals surface area (Å²) in [6.45, 7) is 1.26. The molecule has 22 heavy (non-hydrogen) atoms. The molecule has 0 aliphatic carbocycles. The van der Waals surface area contributed by atoms with Gasteiger partial charge in [0, 0.05) is 13.1 Å². The molecule has 0 spiro atoms. The monoisotopic (exact) mass is 305 g/mol. The second-order valence-electron chi connectivity index (χ2n) is 5.35. The molecule has 3 rings (SSSR count). The number of ether oxygens (including phenoxy) is 2. The number of benzene rings is 1. The first-order chi connectivity index (χ1) is 10.7. The summed E-state index contributed by atoms with van der Waals surface area (Å²) in [7, 11) is 0. The second kappa shape index (κ2) is 6.55. The molecule has 1 atom stereocenters. The van der Waals surface area contributed by atoms with Gasteiger partial charge in [-0.2, -0.15) is 0 Å². The van der Waals surface area contributed by atoms with Gasteiger partial charge in [-0.15, -0.1) is 0 Å². The van der Waals surface area contributed by atoms with Gasteiger partial charge >= 0.3 is 6.03 Å². The van der Waals surface area contributed by atoms with Crippen LogP contribution in [0.15, 0.2) is 18.2 Å². The van der Waals surface area contributed by atoms with E-state index < -0.39 is 6.04 Å². The third-order valence-corrected chi connectivity index (χ3v) is 3.73. The van der Waals surface area contributed by atoms with E-state index in [1.807, 2.05) is 18.2 Å². The lowest BCUT2D eigenvalue weighted by molar-refractivity contribution is -0.122. The lowest BCUT2D eigenvalue weighted by atomic mass is 10.1. The van der Waals surface area contributed by atoms with E-state index in [0.29, 0.717) is 31.0 Å². The van der Waals surface area contributed by atoms with Crippen LogP contribution in [0.5, 0.6) is 11.5 Å². The Balaban J connectivity index is 1.50. The van der Waals surface area contributed by atoms with E-state index in [9.17, 15) is 9.59 Å². The largest absolute Gasteiger partial charge is 0.454 e. The van der Waals surface area contributed by atoms with Crippen molar-refractivity contribution >= 4 is 11.9 Å². The van der Waals surface area contributed by atoms with E-state index in [1.54, 1.807) is 0 Å². The molecule has 3 amide bonds. The first-order valence-electron chi connectivity index (χ1n) is 7.43. The Morgan fingerprint density at radius 2 is 2.14 bits per heavy atom. The minimum absolute atomic E-state index is 0.115. The Bertz CT molecular complexity index is 576. The van der Waals surface area contributed by atoms with E-state index in [1.165, 1.54) is 0 Å². The lowest BCUT2D eigenvalue weighted by Crippen LogP contribution is -2.48. The second-order valence-corrected chi connectivity index (χ2v) is 5.35. The van der Waals surface area contributed by atoms with Crippen LogP contribution in [0.4, 0.5) is 4.79 Å². The van der Waals surface area contributed by atoms with Crippen molar-refractivity contribution < 1.29 is 19.1 Å². The van der Waals surface area contributed by atoms with E-state index in [4.69, 9.17) is 9.47 Å². The van der Waals surface area contributed by atoms with Crippen molar-refractivity contribution in [1.29, 1.82) is 0 Å². The van der Waals surface area contributed by atoms with E-state index >= 15 is 0 Å². The van der Waals surface area contributed by atoms with Crippen LogP contribution in [0.3, 0.4) is 0 Å². The maximum absolute atomic E-state index is 11.9. The first-order valence-corrected chi connectivity index (χ1v) is 7.43. The van der Waals surface area contributed by atoms with Crippen LogP contribution in [0.2, 0.25) is 0 Å². The van der Waals surface area contributed by atoms with Crippen molar-refractivity contribution in [3.8, 4) is 11.5 Å². The SMILES string of the molecule is O=C(NCc1ccc2c(c1)OCO2)N[C@H]1CCCCNC1=O. The van der Waals surface area contributed by atoms with Gasteiger partial charge in [-0.3, -0.25) is 4.79 Å². The highest BCUT2D eigenvalue weighted by molar-refractivity contribution is 5.87. The van der Waals surface area contributed by atoms with Gasteiger partial charge in [-0.25, -0.2) is 4.79 Å². The Morgan fingerprint density at radius 3 is 3.05 bits per heavy atom. The number of hydrogen-bond acceptors (Lipinski definition) is 4. The summed E-state index contributed by atoms with van der Waals surface area (Å²) in [4.78, 5) is 23.7. The summed E-state index contributed by atoms with van der Waals surface area (Å²) < 4.78 is 10.5. The summed E-state index contributed by atoms with van der Waals surface area (Å²) in [5.41, 5.74) is 0.907. The number of amides is 3. The molecule has 7 nitrogen and oxygen atoms in total. The molecule has 2 aliphatic rings. The zero-order valence-corrected chi connectivity index (χ0v) is 12.2. The number of hydrogen-bond donors (Lipinski definition) is 3. The number of rotatable bonds is 3. The maximum atomic E-state index is 11.9. The van der Waals surface area contributed by atoms with Crippen LogP contribution in [-0.4, -0.2) is 31.3 Å². The fourth-order valence-corrected chi connectivity index (χ4v) is 2.52.